The maximum absolute atomic E-state index is 10.9. The van der Waals surface area contributed by atoms with Crippen LogP contribution in [0.4, 0.5) is 0 Å². The van der Waals surface area contributed by atoms with Crippen molar-refractivity contribution < 1.29 is 14.3 Å². The molecule has 0 fully saturated rings. The number of hydrogen-bond acceptors (Lipinski definition) is 4. The summed E-state index contributed by atoms with van der Waals surface area (Å²) in [7, 11) is 1.24. The average Bonchev–Trinajstić information content (AvgIpc) is 2.04. The first-order valence-corrected chi connectivity index (χ1v) is 3.07. The third kappa shape index (κ3) is 2.17. The van der Waals surface area contributed by atoms with E-state index in [1.807, 2.05) is 0 Å². The number of ether oxygens (including phenoxy) is 1. The summed E-state index contributed by atoms with van der Waals surface area (Å²) in [6.45, 7) is 0. The number of rotatable bonds is 1. The highest BCUT2D eigenvalue weighted by atomic mass is 35.5. The van der Waals surface area contributed by atoms with Gasteiger partial charge < -0.3 is 4.74 Å². The number of allylic oxidation sites excluding steroid dienone is 1. The molecule has 0 aromatic heterocycles. The smallest absolute Gasteiger partial charge is 0.322 e. The summed E-state index contributed by atoms with van der Waals surface area (Å²) in [6.07, 6.45) is 3.87. The minimum Gasteiger partial charge on any atom is -0.468 e. The number of carbonyl (C=O) groups excluding carboxylic acids is 2. The highest BCUT2D eigenvalue weighted by Crippen LogP contribution is 2.03. The Morgan fingerprint density at radius 2 is 2.33 bits per heavy atom. The van der Waals surface area contributed by atoms with Gasteiger partial charge in [-0.05, 0) is 0 Å². The Morgan fingerprint density at radius 1 is 1.67 bits per heavy atom. The summed E-state index contributed by atoms with van der Waals surface area (Å²) >= 11 is 0. The van der Waals surface area contributed by atoms with Crippen LogP contribution in [0.15, 0.2) is 17.3 Å². The third-order valence-electron chi connectivity index (χ3n) is 1.32. The molecule has 1 atom stereocenters. The van der Waals surface area contributed by atoms with Crippen LogP contribution in [-0.2, 0) is 14.3 Å². The number of hydrogen-bond donors (Lipinski definition) is 0. The quantitative estimate of drug-likeness (QED) is 0.442. The summed E-state index contributed by atoms with van der Waals surface area (Å²) in [5.41, 5.74) is 0. The lowest BCUT2D eigenvalue weighted by Crippen LogP contribution is -2.26. The second-order valence-electron chi connectivity index (χ2n) is 2.02. The normalized spacial score (nSPS) is 20.1. The highest BCUT2D eigenvalue weighted by molar-refractivity contribution is 6.17. The number of halogens is 1. The van der Waals surface area contributed by atoms with Crippen molar-refractivity contribution in [2.75, 3.05) is 7.11 Å². The van der Waals surface area contributed by atoms with E-state index < -0.39 is 11.9 Å². The molecule has 0 saturated carbocycles. The van der Waals surface area contributed by atoms with Gasteiger partial charge in [-0.1, -0.05) is 0 Å². The standard InChI is InChI=1S/C7H7NO3.ClH/c1-11-7(10)5-4-8-3-2-6(5)9;/h2-5H,1H3;1H. The van der Waals surface area contributed by atoms with Crippen molar-refractivity contribution in [3.8, 4) is 0 Å². The van der Waals surface area contributed by atoms with Crippen LogP contribution < -0.4 is 0 Å². The number of esters is 1. The van der Waals surface area contributed by atoms with Crippen LogP contribution in [-0.4, -0.2) is 25.1 Å². The van der Waals surface area contributed by atoms with Gasteiger partial charge in [-0.15, -0.1) is 12.4 Å². The van der Waals surface area contributed by atoms with Gasteiger partial charge in [-0.3, -0.25) is 14.6 Å². The molecule has 12 heavy (non-hydrogen) atoms. The van der Waals surface area contributed by atoms with Gasteiger partial charge in [0.1, 0.15) is 0 Å². The first-order chi connectivity index (χ1) is 5.25. The second-order valence-corrected chi connectivity index (χ2v) is 2.02. The van der Waals surface area contributed by atoms with Crippen LogP contribution in [0.5, 0.6) is 0 Å². The maximum atomic E-state index is 10.9. The predicted octanol–water partition coefficient (Wildman–Crippen LogP) is 0.365. The van der Waals surface area contributed by atoms with Gasteiger partial charge in [0.2, 0.25) is 0 Å². The maximum Gasteiger partial charge on any atom is 0.322 e. The van der Waals surface area contributed by atoms with E-state index in [2.05, 4.69) is 9.73 Å². The Morgan fingerprint density at radius 3 is 2.83 bits per heavy atom. The molecule has 0 amide bonds. The first kappa shape index (κ1) is 10.8. The van der Waals surface area contributed by atoms with Crippen molar-refractivity contribution in [1.82, 2.24) is 0 Å². The van der Waals surface area contributed by atoms with E-state index in [1.54, 1.807) is 0 Å². The van der Waals surface area contributed by atoms with Crippen molar-refractivity contribution in [2.24, 2.45) is 10.9 Å². The highest BCUT2D eigenvalue weighted by Gasteiger charge is 2.24. The van der Waals surface area contributed by atoms with E-state index in [0.29, 0.717) is 0 Å². The van der Waals surface area contributed by atoms with E-state index >= 15 is 0 Å². The molecule has 0 aromatic carbocycles. The van der Waals surface area contributed by atoms with Gasteiger partial charge in [0.15, 0.2) is 11.7 Å². The molecule has 1 rings (SSSR count). The molecule has 1 aliphatic heterocycles. The molecule has 0 radical (unpaired) electrons. The minimum atomic E-state index is -0.843. The molecule has 0 bridgehead atoms. The fourth-order valence-corrected chi connectivity index (χ4v) is 0.733. The van der Waals surface area contributed by atoms with E-state index in [9.17, 15) is 9.59 Å². The van der Waals surface area contributed by atoms with Gasteiger partial charge in [0.25, 0.3) is 0 Å². The molecule has 66 valence electrons. The van der Waals surface area contributed by atoms with Crippen molar-refractivity contribution in [1.29, 1.82) is 0 Å². The molecule has 1 heterocycles. The summed E-state index contributed by atoms with van der Waals surface area (Å²) in [5.74, 6) is -1.69. The average molecular weight is 190 g/mol. The topological polar surface area (TPSA) is 55.7 Å². The first-order valence-electron chi connectivity index (χ1n) is 3.07. The molecule has 4 nitrogen and oxygen atoms in total. The number of carbonyl (C=O) groups is 2. The lowest BCUT2D eigenvalue weighted by molar-refractivity contribution is -0.145. The van der Waals surface area contributed by atoms with E-state index in [0.717, 1.165) is 0 Å². The SMILES string of the molecule is COC(=O)C1C=NC=CC1=O.Cl. The molecular formula is C7H8ClNO3. The monoisotopic (exact) mass is 189 g/mol. The summed E-state index contributed by atoms with van der Waals surface area (Å²) in [4.78, 5) is 25.4. The van der Waals surface area contributed by atoms with Crippen LogP contribution >= 0.6 is 12.4 Å². The summed E-state index contributed by atoms with van der Waals surface area (Å²) < 4.78 is 4.38. The van der Waals surface area contributed by atoms with Gasteiger partial charge in [0, 0.05) is 18.5 Å². The molecule has 1 aliphatic rings. The van der Waals surface area contributed by atoms with Crippen LogP contribution in [0.2, 0.25) is 0 Å². The summed E-state index contributed by atoms with van der Waals surface area (Å²) in [6, 6.07) is 0. The van der Waals surface area contributed by atoms with Crippen LogP contribution in [0.1, 0.15) is 0 Å². The Kier molecular flexibility index (Phi) is 4.21. The predicted molar refractivity (Wildman–Crippen MR) is 45.4 cm³/mol. The fourth-order valence-electron chi connectivity index (χ4n) is 0.733. The Balaban J connectivity index is 0.00000121. The number of methoxy groups -OCH3 is 1. The van der Waals surface area contributed by atoms with E-state index in [4.69, 9.17) is 0 Å². The lowest BCUT2D eigenvalue weighted by Gasteiger charge is -2.06. The third-order valence-corrected chi connectivity index (χ3v) is 1.32. The molecule has 0 saturated heterocycles. The van der Waals surface area contributed by atoms with Gasteiger partial charge >= 0.3 is 5.97 Å². The molecule has 0 aromatic rings. The Hall–Kier alpha value is -1.16. The van der Waals surface area contributed by atoms with Crippen LogP contribution in [0.25, 0.3) is 0 Å². The zero-order chi connectivity index (χ0) is 8.27. The van der Waals surface area contributed by atoms with Crippen molar-refractivity contribution >= 4 is 30.4 Å². The molecule has 5 heteroatoms. The van der Waals surface area contributed by atoms with Crippen LogP contribution in [0, 0.1) is 5.92 Å². The Labute approximate surface area is 75.7 Å². The van der Waals surface area contributed by atoms with E-state index in [-0.39, 0.29) is 18.2 Å². The molecule has 0 aliphatic carbocycles. The zero-order valence-electron chi connectivity index (χ0n) is 6.39. The molecule has 0 N–H and O–H groups in total. The van der Waals surface area contributed by atoms with Gasteiger partial charge in [0.05, 0.1) is 7.11 Å². The number of aliphatic imine (C=N–C) groups is 1. The Bertz CT molecular complexity index is 247. The minimum absolute atomic E-state index is 0. The van der Waals surface area contributed by atoms with Crippen molar-refractivity contribution in [3.05, 3.63) is 12.3 Å². The zero-order valence-corrected chi connectivity index (χ0v) is 7.21. The molecular weight excluding hydrogens is 182 g/mol. The number of nitrogens with zero attached hydrogens (tertiary/aromatic N) is 1. The second kappa shape index (κ2) is 4.66. The fraction of sp³-hybridized carbons (Fsp3) is 0.286. The van der Waals surface area contributed by atoms with Crippen molar-refractivity contribution in [2.45, 2.75) is 0 Å². The van der Waals surface area contributed by atoms with E-state index in [1.165, 1.54) is 25.6 Å². The van der Waals surface area contributed by atoms with Crippen LogP contribution in [0.3, 0.4) is 0 Å². The van der Waals surface area contributed by atoms with Gasteiger partial charge in [-0.2, -0.15) is 0 Å². The summed E-state index contributed by atoms with van der Waals surface area (Å²) in [5, 5.41) is 0. The molecule has 0 spiro atoms. The number of ketones is 1. The van der Waals surface area contributed by atoms with Gasteiger partial charge in [-0.25, -0.2) is 0 Å². The largest absolute Gasteiger partial charge is 0.468 e. The van der Waals surface area contributed by atoms with Crippen molar-refractivity contribution in [3.63, 3.8) is 0 Å². The molecule has 1 unspecified atom stereocenters. The lowest BCUT2D eigenvalue weighted by atomic mass is 10.0.